The fraction of sp³-hybridized carbons (Fsp3) is 0.182. The Kier molecular flexibility index (Phi) is 5.58. The van der Waals surface area contributed by atoms with Gasteiger partial charge in [0.1, 0.15) is 11.5 Å². The molecule has 0 aliphatic carbocycles. The highest BCUT2D eigenvalue weighted by Crippen LogP contribution is 2.27. The molecular formula is C22H24N8O2S. The van der Waals surface area contributed by atoms with E-state index in [9.17, 15) is 8.42 Å². The Morgan fingerprint density at radius 3 is 2.48 bits per heavy atom. The summed E-state index contributed by atoms with van der Waals surface area (Å²) >= 11 is 0. The fourth-order valence-electron chi connectivity index (χ4n) is 3.79. The molecule has 1 aliphatic rings. The average Bonchev–Trinajstić information content (AvgIpc) is 3.29. The van der Waals surface area contributed by atoms with Gasteiger partial charge in [0.05, 0.1) is 10.3 Å². The van der Waals surface area contributed by atoms with E-state index in [0.717, 1.165) is 37.3 Å². The number of sulfonamides is 1. The number of aromatic amines is 1. The Morgan fingerprint density at radius 2 is 1.73 bits per heavy atom. The number of piperazine rings is 1. The van der Waals surface area contributed by atoms with Crippen LogP contribution in [-0.4, -0.2) is 49.5 Å². The zero-order valence-electron chi connectivity index (χ0n) is 17.7. The van der Waals surface area contributed by atoms with Crippen molar-refractivity contribution >= 4 is 49.9 Å². The van der Waals surface area contributed by atoms with E-state index in [4.69, 9.17) is 5.14 Å². The molecule has 6 N–H and O–H groups in total. The van der Waals surface area contributed by atoms with Gasteiger partial charge >= 0.3 is 0 Å². The first kappa shape index (κ1) is 21.2. The van der Waals surface area contributed by atoms with E-state index in [2.05, 4.69) is 47.9 Å². The molecule has 1 saturated heterocycles. The molecule has 0 unspecified atom stereocenters. The number of H-pyrrole nitrogens is 1. The van der Waals surface area contributed by atoms with E-state index < -0.39 is 10.0 Å². The molecule has 0 radical (unpaired) electrons. The summed E-state index contributed by atoms with van der Waals surface area (Å²) in [5.41, 5.74) is 3.24. The summed E-state index contributed by atoms with van der Waals surface area (Å²) in [6.07, 6.45) is 1.78. The standard InChI is InChI=1S/C22H24N8O2S/c23-33(31,32)18-3-1-2-16(14-18)26-21-19-8-9-25-20(19)28-22(29-21)27-15-4-6-17(7-5-15)30-12-10-24-11-13-30/h1-9,14,24H,10-13H2,(H2,23,31,32)(H3,25,26,27,28,29). The van der Waals surface area contributed by atoms with Crippen LogP contribution in [0, 0.1) is 0 Å². The maximum atomic E-state index is 11.7. The van der Waals surface area contributed by atoms with Crippen LogP contribution in [-0.2, 0) is 10.0 Å². The molecule has 2 aromatic carbocycles. The van der Waals surface area contributed by atoms with Crippen molar-refractivity contribution in [2.45, 2.75) is 4.90 Å². The summed E-state index contributed by atoms with van der Waals surface area (Å²) in [6, 6.07) is 16.3. The molecule has 0 saturated carbocycles. The molecule has 3 heterocycles. The van der Waals surface area contributed by atoms with Crippen molar-refractivity contribution in [3.05, 3.63) is 60.8 Å². The molecule has 33 heavy (non-hydrogen) atoms. The minimum atomic E-state index is -3.81. The minimum absolute atomic E-state index is 0.0230. The second kappa shape index (κ2) is 8.70. The molecule has 2 aromatic heterocycles. The predicted octanol–water partition coefficient (Wildman–Crippen LogP) is 2.50. The van der Waals surface area contributed by atoms with E-state index in [-0.39, 0.29) is 4.90 Å². The van der Waals surface area contributed by atoms with Crippen molar-refractivity contribution in [3.63, 3.8) is 0 Å². The van der Waals surface area contributed by atoms with Gasteiger partial charge in [-0.1, -0.05) is 6.07 Å². The third-order valence-corrected chi connectivity index (χ3v) is 6.36. The largest absolute Gasteiger partial charge is 0.369 e. The molecule has 0 spiro atoms. The van der Waals surface area contributed by atoms with Crippen LogP contribution in [0.4, 0.5) is 28.8 Å². The third kappa shape index (κ3) is 4.75. The lowest BCUT2D eigenvalue weighted by atomic mass is 10.2. The number of hydrogen-bond acceptors (Lipinski definition) is 8. The topological polar surface area (TPSA) is 141 Å². The summed E-state index contributed by atoms with van der Waals surface area (Å²) in [6.45, 7) is 3.95. The van der Waals surface area contributed by atoms with Gasteiger partial charge in [-0.25, -0.2) is 13.6 Å². The number of anilines is 5. The van der Waals surface area contributed by atoms with E-state index >= 15 is 0 Å². The van der Waals surface area contributed by atoms with Gasteiger partial charge < -0.3 is 25.8 Å². The van der Waals surface area contributed by atoms with Crippen LogP contribution in [0.5, 0.6) is 0 Å². The molecular weight excluding hydrogens is 440 g/mol. The molecule has 4 aromatic rings. The Hall–Kier alpha value is -3.67. The minimum Gasteiger partial charge on any atom is -0.369 e. The van der Waals surface area contributed by atoms with Crippen molar-refractivity contribution in [2.75, 3.05) is 41.7 Å². The molecule has 0 bridgehead atoms. The number of benzene rings is 2. The van der Waals surface area contributed by atoms with E-state index in [1.165, 1.54) is 17.8 Å². The molecule has 10 nitrogen and oxygen atoms in total. The molecule has 0 amide bonds. The number of hydrogen-bond donors (Lipinski definition) is 5. The number of primary sulfonamides is 1. The summed E-state index contributed by atoms with van der Waals surface area (Å²) in [5, 5.41) is 15.8. The monoisotopic (exact) mass is 464 g/mol. The molecule has 1 fully saturated rings. The number of nitrogens with one attached hydrogen (secondary N) is 4. The molecule has 11 heteroatoms. The van der Waals surface area contributed by atoms with Crippen molar-refractivity contribution in [1.29, 1.82) is 0 Å². The van der Waals surface area contributed by atoms with Gasteiger partial charge in [0.2, 0.25) is 16.0 Å². The Labute approximate surface area is 191 Å². The number of fused-ring (bicyclic) bond motifs is 1. The van der Waals surface area contributed by atoms with Crippen LogP contribution in [0.25, 0.3) is 11.0 Å². The van der Waals surface area contributed by atoms with Crippen LogP contribution >= 0.6 is 0 Å². The molecule has 170 valence electrons. The maximum Gasteiger partial charge on any atom is 0.238 e. The van der Waals surface area contributed by atoms with E-state index in [1.54, 1.807) is 18.3 Å². The van der Waals surface area contributed by atoms with Crippen LogP contribution in [0.2, 0.25) is 0 Å². The first-order valence-corrected chi connectivity index (χ1v) is 12.1. The summed E-state index contributed by atoms with van der Waals surface area (Å²) in [5.74, 6) is 0.942. The summed E-state index contributed by atoms with van der Waals surface area (Å²) in [4.78, 5) is 14.6. The van der Waals surface area contributed by atoms with E-state index in [1.807, 2.05) is 18.2 Å². The highest BCUT2D eigenvalue weighted by Gasteiger charge is 2.13. The summed E-state index contributed by atoms with van der Waals surface area (Å²) < 4.78 is 23.4. The number of nitrogens with two attached hydrogens (primary N) is 1. The van der Waals surface area contributed by atoms with Gasteiger partial charge in [0.25, 0.3) is 0 Å². The first-order chi connectivity index (χ1) is 16.0. The second-order valence-corrected chi connectivity index (χ2v) is 9.30. The zero-order valence-corrected chi connectivity index (χ0v) is 18.6. The molecule has 0 atom stereocenters. The van der Waals surface area contributed by atoms with Gasteiger partial charge in [0.15, 0.2) is 0 Å². The van der Waals surface area contributed by atoms with Crippen molar-refractivity contribution in [1.82, 2.24) is 20.3 Å². The highest BCUT2D eigenvalue weighted by atomic mass is 32.2. The van der Waals surface area contributed by atoms with Crippen LogP contribution in [0.1, 0.15) is 0 Å². The SMILES string of the molecule is NS(=O)(=O)c1cccc(Nc2nc(Nc3ccc(N4CCNCC4)cc3)nc3[nH]ccc23)c1. The van der Waals surface area contributed by atoms with Gasteiger partial charge in [0, 0.05) is 49.4 Å². The Balaban J connectivity index is 1.40. The van der Waals surface area contributed by atoms with E-state index in [0.29, 0.717) is 23.1 Å². The predicted molar refractivity (Wildman–Crippen MR) is 130 cm³/mol. The first-order valence-electron chi connectivity index (χ1n) is 10.5. The lowest BCUT2D eigenvalue weighted by Crippen LogP contribution is -2.43. The van der Waals surface area contributed by atoms with Gasteiger partial charge in [-0.2, -0.15) is 9.97 Å². The number of aromatic nitrogens is 3. The van der Waals surface area contributed by atoms with Crippen LogP contribution in [0.3, 0.4) is 0 Å². The number of nitrogens with zero attached hydrogens (tertiary/aromatic N) is 3. The Morgan fingerprint density at radius 1 is 0.939 bits per heavy atom. The Bertz CT molecular complexity index is 1380. The van der Waals surface area contributed by atoms with Crippen molar-refractivity contribution < 1.29 is 8.42 Å². The average molecular weight is 465 g/mol. The lowest BCUT2D eigenvalue weighted by molar-refractivity contribution is 0.589. The second-order valence-electron chi connectivity index (χ2n) is 7.74. The molecule has 5 rings (SSSR count). The van der Waals surface area contributed by atoms with Crippen LogP contribution < -0.4 is 26.0 Å². The van der Waals surface area contributed by atoms with Gasteiger partial charge in [-0.05, 0) is 48.5 Å². The quantitative estimate of drug-likeness (QED) is 0.293. The third-order valence-electron chi connectivity index (χ3n) is 5.45. The smallest absolute Gasteiger partial charge is 0.238 e. The van der Waals surface area contributed by atoms with Crippen molar-refractivity contribution in [3.8, 4) is 0 Å². The van der Waals surface area contributed by atoms with Crippen LogP contribution in [0.15, 0.2) is 65.7 Å². The summed E-state index contributed by atoms with van der Waals surface area (Å²) in [7, 11) is -3.81. The van der Waals surface area contributed by atoms with Crippen molar-refractivity contribution in [2.24, 2.45) is 5.14 Å². The lowest BCUT2D eigenvalue weighted by Gasteiger charge is -2.29. The zero-order chi connectivity index (χ0) is 22.8. The molecule has 1 aliphatic heterocycles. The normalized spacial score (nSPS) is 14.4. The van der Waals surface area contributed by atoms with Gasteiger partial charge in [-0.3, -0.25) is 0 Å². The van der Waals surface area contributed by atoms with Gasteiger partial charge in [-0.15, -0.1) is 0 Å². The fourth-order valence-corrected chi connectivity index (χ4v) is 4.35. The highest BCUT2D eigenvalue weighted by molar-refractivity contribution is 7.89. The number of rotatable bonds is 6. The maximum absolute atomic E-state index is 11.7.